The molecule has 1 aromatic carbocycles. The predicted molar refractivity (Wildman–Crippen MR) is 70.8 cm³/mol. The minimum Gasteiger partial charge on any atom is -0.339 e. The summed E-state index contributed by atoms with van der Waals surface area (Å²) in [7, 11) is 0. The van der Waals surface area contributed by atoms with Crippen molar-refractivity contribution in [2.75, 3.05) is 0 Å². The Morgan fingerprint density at radius 1 is 1.29 bits per heavy atom. The van der Waals surface area contributed by atoms with Crippen LogP contribution in [0.4, 0.5) is 8.78 Å². The molecule has 0 saturated carbocycles. The van der Waals surface area contributed by atoms with E-state index in [1.165, 1.54) is 18.6 Å². The number of hydrogen-bond acceptors (Lipinski definition) is 4. The highest BCUT2D eigenvalue weighted by atomic mass is 19.1. The monoisotopic (exact) mass is 291 g/mol. The summed E-state index contributed by atoms with van der Waals surface area (Å²) in [5.41, 5.74) is 0.370. The number of nitrogens with zero attached hydrogens (tertiary/aromatic N) is 2. The van der Waals surface area contributed by atoms with E-state index in [0.717, 1.165) is 18.9 Å². The molecule has 2 aliphatic heterocycles. The van der Waals surface area contributed by atoms with Gasteiger partial charge in [-0.05, 0) is 30.9 Å². The van der Waals surface area contributed by atoms with E-state index in [-0.39, 0.29) is 12.3 Å². The van der Waals surface area contributed by atoms with Gasteiger partial charge in [-0.3, -0.25) is 0 Å². The van der Waals surface area contributed by atoms with Gasteiger partial charge in [0.15, 0.2) is 5.82 Å². The molecular formula is C15H15F2N3O. The average Bonchev–Trinajstić information content (AvgIpc) is 3.17. The van der Waals surface area contributed by atoms with E-state index in [4.69, 9.17) is 4.52 Å². The largest absolute Gasteiger partial charge is 0.339 e. The van der Waals surface area contributed by atoms with Gasteiger partial charge < -0.3 is 9.84 Å². The number of halogens is 2. The third kappa shape index (κ3) is 2.33. The van der Waals surface area contributed by atoms with E-state index in [0.29, 0.717) is 29.4 Å². The molecule has 6 heteroatoms. The summed E-state index contributed by atoms with van der Waals surface area (Å²) in [6.07, 6.45) is 3.59. The van der Waals surface area contributed by atoms with Gasteiger partial charge in [0.1, 0.15) is 11.6 Å². The van der Waals surface area contributed by atoms with Crippen LogP contribution in [0, 0.1) is 11.6 Å². The van der Waals surface area contributed by atoms with E-state index < -0.39 is 11.6 Å². The van der Waals surface area contributed by atoms with Gasteiger partial charge in [-0.25, -0.2) is 8.78 Å². The third-order valence-corrected chi connectivity index (χ3v) is 4.46. The van der Waals surface area contributed by atoms with Gasteiger partial charge in [0.25, 0.3) is 0 Å². The maximum absolute atomic E-state index is 13.6. The minimum absolute atomic E-state index is 0.212. The van der Waals surface area contributed by atoms with Crippen molar-refractivity contribution in [3.05, 3.63) is 47.1 Å². The van der Waals surface area contributed by atoms with Crippen molar-refractivity contribution < 1.29 is 13.3 Å². The van der Waals surface area contributed by atoms with Crippen LogP contribution in [-0.4, -0.2) is 22.2 Å². The molecule has 0 radical (unpaired) electrons. The van der Waals surface area contributed by atoms with Crippen LogP contribution in [0.5, 0.6) is 0 Å². The van der Waals surface area contributed by atoms with Crippen LogP contribution in [0.2, 0.25) is 0 Å². The summed E-state index contributed by atoms with van der Waals surface area (Å²) in [4.78, 5) is 4.39. The van der Waals surface area contributed by atoms with Crippen LogP contribution < -0.4 is 5.32 Å². The Morgan fingerprint density at radius 2 is 2.19 bits per heavy atom. The second kappa shape index (κ2) is 4.87. The molecule has 1 aromatic heterocycles. The molecule has 3 heterocycles. The van der Waals surface area contributed by atoms with Gasteiger partial charge in [-0.1, -0.05) is 11.2 Å². The van der Waals surface area contributed by atoms with Gasteiger partial charge in [-0.15, -0.1) is 0 Å². The Hall–Kier alpha value is -1.82. The van der Waals surface area contributed by atoms with E-state index in [2.05, 4.69) is 15.5 Å². The molecule has 0 aliphatic carbocycles. The van der Waals surface area contributed by atoms with E-state index in [1.807, 2.05) is 0 Å². The number of rotatable bonds is 3. The Labute approximate surface area is 120 Å². The van der Waals surface area contributed by atoms with Crippen molar-refractivity contribution in [1.82, 2.24) is 15.5 Å². The molecule has 0 amide bonds. The molecule has 0 spiro atoms. The lowest BCUT2D eigenvalue weighted by atomic mass is 9.89. The first kappa shape index (κ1) is 12.9. The Bertz CT molecular complexity index is 673. The van der Waals surface area contributed by atoms with Gasteiger partial charge in [0.05, 0.1) is 5.92 Å². The average molecular weight is 291 g/mol. The first-order chi connectivity index (χ1) is 10.2. The Morgan fingerprint density at radius 3 is 2.90 bits per heavy atom. The van der Waals surface area contributed by atoms with Crippen LogP contribution in [0.25, 0.3) is 0 Å². The van der Waals surface area contributed by atoms with Gasteiger partial charge in [0.2, 0.25) is 5.89 Å². The fourth-order valence-electron chi connectivity index (χ4n) is 3.42. The van der Waals surface area contributed by atoms with Gasteiger partial charge in [-0.2, -0.15) is 4.98 Å². The molecule has 3 atom stereocenters. The number of hydrogen-bond donors (Lipinski definition) is 1. The number of nitrogens with one attached hydrogen (secondary N) is 1. The fourth-order valence-corrected chi connectivity index (χ4v) is 3.42. The normalized spacial score (nSPS) is 27.4. The zero-order valence-corrected chi connectivity index (χ0v) is 11.4. The van der Waals surface area contributed by atoms with Gasteiger partial charge >= 0.3 is 0 Å². The molecule has 4 nitrogen and oxygen atoms in total. The molecular weight excluding hydrogens is 276 g/mol. The lowest BCUT2D eigenvalue weighted by Crippen LogP contribution is -2.21. The highest BCUT2D eigenvalue weighted by molar-refractivity contribution is 5.22. The van der Waals surface area contributed by atoms with E-state index >= 15 is 0 Å². The summed E-state index contributed by atoms with van der Waals surface area (Å²) in [6.45, 7) is 0. The molecule has 2 aromatic rings. The van der Waals surface area contributed by atoms with Crippen LogP contribution in [0.1, 0.15) is 42.5 Å². The summed E-state index contributed by atoms with van der Waals surface area (Å²) in [6, 6.07) is 4.51. The molecule has 1 N–H and O–H groups in total. The maximum Gasteiger partial charge on any atom is 0.231 e. The minimum atomic E-state index is -0.585. The number of benzene rings is 1. The quantitative estimate of drug-likeness (QED) is 0.944. The van der Waals surface area contributed by atoms with Crippen molar-refractivity contribution in [3.63, 3.8) is 0 Å². The highest BCUT2D eigenvalue weighted by Crippen LogP contribution is 2.39. The maximum atomic E-state index is 13.6. The Kier molecular flexibility index (Phi) is 2.99. The van der Waals surface area contributed by atoms with Gasteiger partial charge in [0, 0.05) is 24.6 Å². The van der Waals surface area contributed by atoms with Crippen LogP contribution >= 0.6 is 0 Å². The lowest BCUT2D eigenvalue weighted by Gasteiger charge is -2.15. The first-order valence-electron chi connectivity index (χ1n) is 7.21. The SMILES string of the molecule is Fc1ccc(Cc2noc(C3CC4CCC3N4)n2)c(F)c1. The van der Waals surface area contributed by atoms with Crippen molar-refractivity contribution in [2.45, 2.75) is 43.7 Å². The molecule has 2 bridgehead atoms. The predicted octanol–water partition coefficient (Wildman–Crippen LogP) is 2.55. The van der Waals surface area contributed by atoms with Crippen molar-refractivity contribution >= 4 is 0 Å². The van der Waals surface area contributed by atoms with Crippen molar-refractivity contribution in [3.8, 4) is 0 Å². The second-order valence-corrected chi connectivity index (χ2v) is 5.85. The Balaban J connectivity index is 1.52. The third-order valence-electron chi connectivity index (χ3n) is 4.46. The first-order valence-corrected chi connectivity index (χ1v) is 7.21. The number of aromatic nitrogens is 2. The number of fused-ring (bicyclic) bond motifs is 2. The van der Waals surface area contributed by atoms with Crippen LogP contribution in [0.3, 0.4) is 0 Å². The highest BCUT2D eigenvalue weighted by Gasteiger charge is 2.42. The molecule has 21 heavy (non-hydrogen) atoms. The smallest absolute Gasteiger partial charge is 0.231 e. The topological polar surface area (TPSA) is 51.0 Å². The van der Waals surface area contributed by atoms with Crippen molar-refractivity contribution in [2.24, 2.45) is 0 Å². The summed E-state index contributed by atoms with van der Waals surface area (Å²) in [5, 5.41) is 7.45. The van der Waals surface area contributed by atoms with Crippen LogP contribution in [0.15, 0.2) is 22.7 Å². The van der Waals surface area contributed by atoms with E-state index in [1.54, 1.807) is 0 Å². The summed E-state index contributed by atoms with van der Waals surface area (Å²) >= 11 is 0. The fraction of sp³-hybridized carbons (Fsp3) is 0.467. The van der Waals surface area contributed by atoms with E-state index in [9.17, 15) is 8.78 Å². The molecule has 3 unspecified atom stereocenters. The summed E-state index contributed by atoms with van der Waals surface area (Å²) < 4.78 is 31.9. The molecule has 2 fully saturated rings. The molecule has 2 aliphatic rings. The molecule has 4 rings (SSSR count). The standard InChI is InChI=1S/C15H15F2N3O/c16-9-2-1-8(12(17)6-9)5-14-19-15(21-20-14)11-7-10-3-4-13(11)18-10/h1-2,6,10-11,13,18H,3-5,7H2. The zero-order chi connectivity index (χ0) is 14.4. The molecule has 110 valence electrons. The lowest BCUT2D eigenvalue weighted by molar-refractivity contribution is 0.327. The summed E-state index contributed by atoms with van der Waals surface area (Å²) in [5.74, 6) is 0.176. The molecule has 2 saturated heterocycles. The second-order valence-electron chi connectivity index (χ2n) is 5.85. The van der Waals surface area contributed by atoms with Crippen molar-refractivity contribution in [1.29, 1.82) is 0 Å². The zero-order valence-electron chi connectivity index (χ0n) is 11.4. The van der Waals surface area contributed by atoms with Crippen LogP contribution in [-0.2, 0) is 6.42 Å².